The van der Waals surface area contributed by atoms with Gasteiger partial charge in [-0.3, -0.25) is 14.5 Å². The van der Waals surface area contributed by atoms with Crippen LogP contribution in [0.3, 0.4) is 0 Å². The number of hydrogen-bond acceptors (Lipinski definition) is 3. The van der Waals surface area contributed by atoms with E-state index >= 15 is 0 Å². The van der Waals surface area contributed by atoms with E-state index in [0.29, 0.717) is 26.2 Å². The van der Waals surface area contributed by atoms with Crippen LogP contribution in [0.25, 0.3) is 0 Å². The maximum atomic E-state index is 13.1. The average molecular weight is 383 g/mol. The van der Waals surface area contributed by atoms with Gasteiger partial charge in [-0.1, -0.05) is 36.4 Å². The normalized spacial score (nSPS) is 17.2. The van der Waals surface area contributed by atoms with Crippen LogP contribution in [-0.2, 0) is 22.7 Å². The van der Waals surface area contributed by atoms with E-state index in [9.17, 15) is 14.0 Å². The first-order valence-electron chi connectivity index (χ1n) is 9.48. The van der Waals surface area contributed by atoms with Crippen molar-refractivity contribution in [3.63, 3.8) is 0 Å². The van der Waals surface area contributed by atoms with Gasteiger partial charge in [0.05, 0.1) is 12.5 Å². The number of halogens is 1. The van der Waals surface area contributed by atoms with E-state index in [-0.39, 0.29) is 24.1 Å². The first-order chi connectivity index (χ1) is 13.4. The third kappa shape index (κ3) is 4.95. The molecule has 0 aromatic heterocycles. The van der Waals surface area contributed by atoms with Gasteiger partial charge in [-0.05, 0) is 35.7 Å². The first-order valence-corrected chi connectivity index (χ1v) is 9.48. The van der Waals surface area contributed by atoms with Gasteiger partial charge in [0.15, 0.2) is 0 Å². The van der Waals surface area contributed by atoms with Crippen molar-refractivity contribution < 1.29 is 14.0 Å². The number of carbonyl (C=O) groups is 2. The highest BCUT2D eigenvalue weighted by Crippen LogP contribution is 2.17. The number of rotatable bonds is 6. The predicted octanol–water partition coefficient (Wildman–Crippen LogP) is 2.48. The van der Waals surface area contributed by atoms with Crippen molar-refractivity contribution in [2.45, 2.75) is 32.5 Å². The standard InChI is InChI=1S/C22H26FN3O2/c1-16-5-3-4-6-18(16)15-26-12-11-24-22(28)20(26)13-21(27)25(2)14-17-7-9-19(23)10-8-17/h3-10,20H,11-15H2,1-2H3,(H,24,28). The molecule has 1 aliphatic rings. The number of hydrogen-bond donors (Lipinski definition) is 1. The van der Waals surface area contributed by atoms with Crippen LogP contribution in [0, 0.1) is 12.7 Å². The van der Waals surface area contributed by atoms with Gasteiger partial charge in [-0.15, -0.1) is 0 Å². The molecular weight excluding hydrogens is 357 g/mol. The summed E-state index contributed by atoms with van der Waals surface area (Å²) < 4.78 is 13.1. The fourth-order valence-corrected chi connectivity index (χ4v) is 3.45. The molecule has 0 saturated carbocycles. The third-order valence-corrected chi connectivity index (χ3v) is 5.20. The van der Waals surface area contributed by atoms with Crippen LogP contribution in [0.4, 0.5) is 4.39 Å². The van der Waals surface area contributed by atoms with Crippen molar-refractivity contribution in [3.05, 3.63) is 71.0 Å². The molecule has 0 spiro atoms. The third-order valence-electron chi connectivity index (χ3n) is 5.20. The maximum absolute atomic E-state index is 13.1. The number of aryl methyl sites for hydroxylation is 1. The molecular formula is C22H26FN3O2. The Morgan fingerprint density at radius 1 is 1.21 bits per heavy atom. The summed E-state index contributed by atoms with van der Waals surface area (Å²) in [6.45, 7) is 4.36. The zero-order chi connectivity index (χ0) is 20.1. The molecule has 2 amide bonds. The average Bonchev–Trinajstić information content (AvgIpc) is 2.68. The van der Waals surface area contributed by atoms with Crippen LogP contribution in [0.1, 0.15) is 23.1 Å². The first kappa shape index (κ1) is 20.0. The monoisotopic (exact) mass is 383 g/mol. The van der Waals surface area contributed by atoms with Crippen LogP contribution in [0.5, 0.6) is 0 Å². The second kappa shape index (κ2) is 8.97. The zero-order valence-corrected chi connectivity index (χ0v) is 16.3. The highest BCUT2D eigenvalue weighted by Gasteiger charge is 2.32. The number of piperazine rings is 1. The molecule has 1 aliphatic heterocycles. The molecule has 0 aliphatic carbocycles. The Labute approximate surface area is 165 Å². The molecule has 1 atom stereocenters. The number of nitrogens with one attached hydrogen (secondary N) is 1. The molecule has 2 aromatic rings. The summed E-state index contributed by atoms with van der Waals surface area (Å²) in [7, 11) is 1.71. The second-order valence-corrected chi connectivity index (χ2v) is 7.28. The highest BCUT2D eigenvalue weighted by molar-refractivity contribution is 5.88. The summed E-state index contributed by atoms with van der Waals surface area (Å²) in [5.74, 6) is -0.520. The largest absolute Gasteiger partial charge is 0.353 e. The second-order valence-electron chi connectivity index (χ2n) is 7.28. The minimum absolute atomic E-state index is 0.108. The van der Waals surface area contributed by atoms with E-state index in [0.717, 1.165) is 11.1 Å². The molecule has 6 heteroatoms. The molecule has 1 N–H and O–H groups in total. The molecule has 0 radical (unpaired) electrons. The lowest BCUT2D eigenvalue weighted by molar-refractivity contribution is -0.138. The van der Waals surface area contributed by atoms with Crippen molar-refractivity contribution in [1.29, 1.82) is 0 Å². The molecule has 148 valence electrons. The topological polar surface area (TPSA) is 52.7 Å². The van der Waals surface area contributed by atoms with Gasteiger partial charge in [0.2, 0.25) is 11.8 Å². The van der Waals surface area contributed by atoms with Crippen molar-refractivity contribution >= 4 is 11.8 Å². The Balaban J connectivity index is 1.66. The van der Waals surface area contributed by atoms with Gasteiger partial charge in [-0.25, -0.2) is 4.39 Å². The van der Waals surface area contributed by atoms with Gasteiger partial charge in [-0.2, -0.15) is 0 Å². The van der Waals surface area contributed by atoms with Crippen LogP contribution in [-0.4, -0.2) is 47.8 Å². The van der Waals surface area contributed by atoms with Crippen molar-refractivity contribution in [2.75, 3.05) is 20.1 Å². The predicted molar refractivity (Wildman–Crippen MR) is 106 cm³/mol. The Morgan fingerprint density at radius 2 is 1.93 bits per heavy atom. The molecule has 2 aromatic carbocycles. The van der Waals surface area contributed by atoms with E-state index < -0.39 is 6.04 Å². The summed E-state index contributed by atoms with van der Waals surface area (Å²) in [6.07, 6.45) is 0.120. The number of benzene rings is 2. The summed E-state index contributed by atoms with van der Waals surface area (Å²) >= 11 is 0. The Morgan fingerprint density at radius 3 is 2.64 bits per heavy atom. The smallest absolute Gasteiger partial charge is 0.237 e. The Hall–Kier alpha value is -2.73. The quantitative estimate of drug-likeness (QED) is 0.834. The molecule has 3 rings (SSSR count). The summed E-state index contributed by atoms with van der Waals surface area (Å²) in [5, 5.41) is 2.87. The van der Waals surface area contributed by atoms with E-state index in [1.807, 2.05) is 12.1 Å². The number of carbonyl (C=O) groups excluding carboxylic acids is 2. The molecule has 5 nitrogen and oxygen atoms in total. The van der Waals surface area contributed by atoms with Crippen LogP contribution < -0.4 is 5.32 Å². The lowest BCUT2D eigenvalue weighted by atomic mass is 10.0. The maximum Gasteiger partial charge on any atom is 0.237 e. The molecule has 1 unspecified atom stereocenters. The van der Waals surface area contributed by atoms with Gasteiger partial charge >= 0.3 is 0 Å². The van der Waals surface area contributed by atoms with Gasteiger partial charge in [0.1, 0.15) is 5.82 Å². The van der Waals surface area contributed by atoms with E-state index in [1.54, 1.807) is 24.1 Å². The van der Waals surface area contributed by atoms with Crippen molar-refractivity contribution in [2.24, 2.45) is 0 Å². The Bertz CT molecular complexity index is 838. The van der Waals surface area contributed by atoms with Gasteiger partial charge in [0.25, 0.3) is 0 Å². The fourth-order valence-electron chi connectivity index (χ4n) is 3.45. The minimum Gasteiger partial charge on any atom is -0.353 e. The fraction of sp³-hybridized carbons (Fsp3) is 0.364. The van der Waals surface area contributed by atoms with Gasteiger partial charge < -0.3 is 10.2 Å². The molecule has 1 fully saturated rings. The lowest BCUT2D eigenvalue weighted by Gasteiger charge is -2.35. The van der Waals surface area contributed by atoms with E-state index in [1.165, 1.54) is 17.7 Å². The summed E-state index contributed by atoms with van der Waals surface area (Å²) in [6, 6.07) is 13.7. The van der Waals surface area contributed by atoms with Gasteiger partial charge in [0, 0.05) is 33.2 Å². The SMILES string of the molecule is Cc1ccccc1CN1CCNC(=O)C1CC(=O)N(C)Cc1ccc(F)cc1. The molecule has 1 heterocycles. The van der Waals surface area contributed by atoms with E-state index in [2.05, 4.69) is 29.3 Å². The zero-order valence-electron chi connectivity index (χ0n) is 16.3. The van der Waals surface area contributed by atoms with Crippen molar-refractivity contribution in [1.82, 2.24) is 15.1 Å². The van der Waals surface area contributed by atoms with Crippen LogP contribution >= 0.6 is 0 Å². The van der Waals surface area contributed by atoms with E-state index in [4.69, 9.17) is 0 Å². The van der Waals surface area contributed by atoms with Crippen molar-refractivity contribution in [3.8, 4) is 0 Å². The lowest BCUT2D eigenvalue weighted by Crippen LogP contribution is -2.56. The molecule has 1 saturated heterocycles. The van der Waals surface area contributed by atoms with Crippen LogP contribution in [0.15, 0.2) is 48.5 Å². The number of amides is 2. The molecule has 0 bridgehead atoms. The summed E-state index contributed by atoms with van der Waals surface area (Å²) in [5.41, 5.74) is 3.18. The minimum atomic E-state index is -0.489. The number of nitrogens with zero attached hydrogens (tertiary/aromatic N) is 2. The Kier molecular flexibility index (Phi) is 6.41. The highest BCUT2D eigenvalue weighted by atomic mass is 19.1. The summed E-state index contributed by atoms with van der Waals surface area (Å²) in [4.78, 5) is 28.9. The molecule has 28 heavy (non-hydrogen) atoms. The van der Waals surface area contributed by atoms with Crippen LogP contribution in [0.2, 0.25) is 0 Å².